The SMILES string of the molecule is C#CC(CCC)NC(CC)c1ccccc1F. The van der Waals surface area contributed by atoms with Gasteiger partial charge in [-0.2, -0.15) is 0 Å². The van der Waals surface area contributed by atoms with Crippen LogP contribution in [0, 0.1) is 18.2 Å². The van der Waals surface area contributed by atoms with Crippen molar-refractivity contribution in [3.05, 3.63) is 35.6 Å². The Kier molecular flexibility index (Phi) is 5.72. The smallest absolute Gasteiger partial charge is 0.127 e. The van der Waals surface area contributed by atoms with Crippen molar-refractivity contribution < 1.29 is 4.39 Å². The summed E-state index contributed by atoms with van der Waals surface area (Å²) in [6, 6.07) is 6.87. The van der Waals surface area contributed by atoms with Gasteiger partial charge in [0.1, 0.15) is 5.82 Å². The lowest BCUT2D eigenvalue weighted by Crippen LogP contribution is -2.31. The van der Waals surface area contributed by atoms with Crippen molar-refractivity contribution >= 4 is 0 Å². The van der Waals surface area contributed by atoms with E-state index in [1.165, 1.54) is 6.07 Å². The summed E-state index contributed by atoms with van der Waals surface area (Å²) in [5.74, 6) is 2.56. The van der Waals surface area contributed by atoms with Crippen LogP contribution >= 0.6 is 0 Å². The molecule has 0 saturated carbocycles. The fraction of sp³-hybridized carbons (Fsp3) is 0.467. The van der Waals surface area contributed by atoms with E-state index in [4.69, 9.17) is 6.42 Å². The molecule has 0 amide bonds. The van der Waals surface area contributed by atoms with E-state index in [0.717, 1.165) is 19.3 Å². The third-order valence-corrected chi connectivity index (χ3v) is 2.87. The lowest BCUT2D eigenvalue weighted by Gasteiger charge is -2.22. The Morgan fingerprint density at radius 2 is 2.06 bits per heavy atom. The second-order valence-corrected chi connectivity index (χ2v) is 4.16. The normalized spacial score (nSPS) is 14.0. The van der Waals surface area contributed by atoms with Gasteiger partial charge >= 0.3 is 0 Å². The molecule has 0 spiro atoms. The number of terminal acetylenes is 1. The minimum Gasteiger partial charge on any atom is -0.297 e. The van der Waals surface area contributed by atoms with E-state index in [0.29, 0.717) is 5.56 Å². The Bertz CT molecular complexity index is 381. The van der Waals surface area contributed by atoms with Crippen LogP contribution in [-0.4, -0.2) is 6.04 Å². The minimum atomic E-state index is -0.167. The number of hydrogen-bond donors (Lipinski definition) is 1. The van der Waals surface area contributed by atoms with Crippen LogP contribution in [0.4, 0.5) is 4.39 Å². The second-order valence-electron chi connectivity index (χ2n) is 4.16. The molecule has 0 aliphatic heterocycles. The molecule has 92 valence electrons. The molecule has 1 aromatic rings. The molecule has 1 N–H and O–H groups in total. The van der Waals surface area contributed by atoms with Crippen LogP contribution in [0.5, 0.6) is 0 Å². The standard InChI is InChI=1S/C15H20FN/c1-4-9-12(5-2)17-15(6-3)13-10-7-8-11-14(13)16/h2,7-8,10-12,15,17H,4,6,9H2,1,3H3. The molecule has 0 fully saturated rings. The van der Waals surface area contributed by atoms with Crippen molar-refractivity contribution in [1.29, 1.82) is 0 Å². The Balaban J connectivity index is 2.79. The largest absolute Gasteiger partial charge is 0.297 e. The zero-order valence-electron chi connectivity index (χ0n) is 10.5. The summed E-state index contributed by atoms with van der Waals surface area (Å²) < 4.78 is 13.7. The van der Waals surface area contributed by atoms with Crippen molar-refractivity contribution in [2.75, 3.05) is 0 Å². The first-order chi connectivity index (χ1) is 8.22. The first kappa shape index (κ1) is 13.7. The Labute approximate surface area is 103 Å². The number of benzene rings is 1. The number of nitrogens with one attached hydrogen (secondary N) is 1. The average Bonchev–Trinajstić information content (AvgIpc) is 2.35. The minimum absolute atomic E-state index is 0.0104. The van der Waals surface area contributed by atoms with Crippen molar-refractivity contribution in [1.82, 2.24) is 5.32 Å². The molecule has 1 rings (SSSR count). The van der Waals surface area contributed by atoms with Crippen LogP contribution in [0.15, 0.2) is 24.3 Å². The van der Waals surface area contributed by atoms with Crippen LogP contribution in [0.25, 0.3) is 0 Å². The quantitative estimate of drug-likeness (QED) is 0.739. The van der Waals surface area contributed by atoms with E-state index in [9.17, 15) is 4.39 Å². The summed E-state index contributed by atoms with van der Waals surface area (Å²) in [6.07, 6.45) is 8.24. The highest BCUT2D eigenvalue weighted by atomic mass is 19.1. The van der Waals surface area contributed by atoms with Gasteiger partial charge in [0.15, 0.2) is 0 Å². The van der Waals surface area contributed by atoms with Gasteiger partial charge < -0.3 is 0 Å². The lowest BCUT2D eigenvalue weighted by atomic mass is 10.0. The molecule has 2 heteroatoms. The van der Waals surface area contributed by atoms with E-state index in [-0.39, 0.29) is 17.9 Å². The predicted octanol–water partition coefficient (Wildman–Crippen LogP) is 3.67. The van der Waals surface area contributed by atoms with E-state index in [1.807, 2.05) is 19.1 Å². The summed E-state index contributed by atoms with van der Waals surface area (Å²) in [7, 11) is 0. The average molecular weight is 233 g/mol. The molecule has 2 atom stereocenters. The zero-order chi connectivity index (χ0) is 12.7. The van der Waals surface area contributed by atoms with Crippen LogP contribution in [0.3, 0.4) is 0 Å². The molecule has 1 aromatic carbocycles. The summed E-state index contributed by atoms with van der Waals surface area (Å²) in [4.78, 5) is 0. The van der Waals surface area contributed by atoms with Crippen LogP contribution in [0.2, 0.25) is 0 Å². The van der Waals surface area contributed by atoms with Gasteiger partial charge in [0.2, 0.25) is 0 Å². The molecule has 17 heavy (non-hydrogen) atoms. The fourth-order valence-electron chi connectivity index (χ4n) is 1.93. The van der Waals surface area contributed by atoms with Gasteiger partial charge in [-0.25, -0.2) is 4.39 Å². The molecule has 2 unspecified atom stereocenters. The Morgan fingerprint density at radius 1 is 1.35 bits per heavy atom. The van der Waals surface area contributed by atoms with E-state index in [1.54, 1.807) is 6.07 Å². The van der Waals surface area contributed by atoms with Crippen molar-refractivity contribution in [2.45, 2.75) is 45.2 Å². The number of rotatable bonds is 6. The van der Waals surface area contributed by atoms with E-state index >= 15 is 0 Å². The second kappa shape index (κ2) is 7.09. The maximum Gasteiger partial charge on any atom is 0.127 e. The summed E-state index contributed by atoms with van der Waals surface area (Å²) >= 11 is 0. The van der Waals surface area contributed by atoms with Crippen molar-refractivity contribution in [3.8, 4) is 12.3 Å². The van der Waals surface area contributed by atoms with E-state index < -0.39 is 0 Å². The molecular weight excluding hydrogens is 213 g/mol. The zero-order valence-corrected chi connectivity index (χ0v) is 10.5. The van der Waals surface area contributed by atoms with Gasteiger partial charge in [0.05, 0.1) is 6.04 Å². The highest BCUT2D eigenvalue weighted by Gasteiger charge is 2.16. The highest BCUT2D eigenvalue weighted by Crippen LogP contribution is 2.20. The summed E-state index contributed by atoms with van der Waals surface area (Å²) in [6.45, 7) is 4.12. The van der Waals surface area contributed by atoms with Crippen molar-refractivity contribution in [3.63, 3.8) is 0 Å². The molecule has 0 aliphatic rings. The molecule has 0 bridgehead atoms. The van der Waals surface area contributed by atoms with E-state index in [2.05, 4.69) is 18.2 Å². The van der Waals surface area contributed by atoms with Crippen molar-refractivity contribution in [2.24, 2.45) is 0 Å². The maximum atomic E-state index is 13.7. The van der Waals surface area contributed by atoms with Gasteiger partial charge in [0, 0.05) is 11.6 Å². The summed E-state index contributed by atoms with van der Waals surface area (Å²) in [5, 5.41) is 3.34. The Morgan fingerprint density at radius 3 is 2.59 bits per heavy atom. The Hall–Kier alpha value is -1.33. The highest BCUT2D eigenvalue weighted by molar-refractivity contribution is 5.21. The molecule has 0 aliphatic carbocycles. The molecular formula is C15H20FN. The summed E-state index contributed by atoms with van der Waals surface area (Å²) in [5.41, 5.74) is 0.700. The molecule has 0 aromatic heterocycles. The molecule has 0 radical (unpaired) electrons. The number of halogens is 1. The lowest BCUT2D eigenvalue weighted by molar-refractivity contribution is 0.443. The first-order valence-electron chi connectivity index (χ1n) is 6.19. The van der Waals surface area contributed by atoms with Gasteiger partial charge in [-0.05, 0) is 18.9 Å². The first-order valence-corrected chi connectivity index (χ1v) is 6.19. The van der Waals surface area contributed by atoms with Gasteiger partial charge in [-0.1, -0.05) is 44.4 Å². The van der Waals surface area contributed by atoms with Gasteiger partial charge in [-0.15, -0.1) is 6.42 Å². The fourth-order valence-corrected chi connectivity index (χ4v) is 1.93. The predicted molar refractivity (Wildman–Crippen MR) is 70.1 cm³/mol. The topological polar surface area (TPSA) is 12.0 Å². The van der Waals surface area contributed by atoms with Crippen LogP contribution in [-0.2, 0) is 0 Å². The van der Waals surface area contributed by atoms with Gasteiger partial charge in [0.25, 0.3) is 0 Å². The third-order valence-electron chi connectivity index (χ3n) is 2.87. The third kappa shape index (κ3) is 3.87. The van der Waals surface area contributed by atoms with Crippen LogP contribution < -0.4 is 5.32 Å². The van der Waals surface area contributed by atoms with Gasteiger partial charge in [-0.3, -0.25) is 5.32 Å². The monoisotopic (exact) mass is 233 g/mol. The number of hydrogen-bond acceptors (Lipinski definition) is 1. The maximum absolute atomic E-state index is 13.7. The van der Waals surface area contributed by atoms with Crippen LogP contribution in [0.1, 0.15) is 44.7 Å². The molecule has 1 nitrogen and oxygen atoms in total. The molecule has 0 saturated heterocycles. The molecule has 0 heterocycles.